The van der Waals surface area contributed by atoms with Crippen molar-refractivity contribution in [1.29, 1.82) is 0 Å². The van der Waals surface area contributed by atoms with Crippen LogP contribution in [0.5, 0.6) is 0 Å². The Morgan fingerprint density at radius 3 is 0.986 bits per heavy atom. The fraction of sp³-hybridized carbons (Fsp3) is 0. The lowest BCUT2D eigenvalue weighted by Crippen LogP contribution is -2.74. The molecule has 0 fully saturated rings. The van der Waals surface area contributed by atoms with E-state index in [1.807, 2.05) is 0 Å². The Morgan fingerprint density at radius 1 is 0.214 bits per heavy atom. The summed E-state index contributed by atoms with van der Waals surface area (Å²) >= 11 is 0. The first-order valence-corrected chi connectivity index (χ1v) is 26.2. The van der Waals surface area contributed by atoms with Crippen molar-refractivity contribution in [1.82, 2.24) is 13.7 Å². The molecule has 0 saturated carbocycles. The van der Waals surface area contributed by atoms with E-state index >= 15 is 0 Å². The van der Waals surface area contributed by atoms with E-state index in [0.29, 0.717) is 0 Å². The predicted octanol–water partition coefficient (Wildman–Crippen LogP) is 14.0. The van der Waals surface area contributed by atoms with Crippen molar-refractivity contribution in [2.24, 2.45) is 0 Å². The molecule has 0 aliphatic heterocycles. The lowest BCUT2D eigenvalue weighted by molar-refractivity contribution is 1.15. The van der Waals surface area contributed by atoms with Crippen LogP contribution in [0.3, 0.4) is 0 Å². The summed E-state index contributed by atoms with van der Waals surface area (Å²) in [5.74, 6) is 0. The van der Waals surface area contributed by atoms with Gasteiger partial charge in [0, 0.05) is 49.1 Å². The summed E-state index contributed by atoms with van der Waals surface area (Å²) in [5, 5.41) is 12.8. The highest BCUT2D eigenvalue weighted by Crippen LogP contribution is 2.42. The van der Waals surface area contributed by atoms with Gasteiger partial charge in [0.2, 0.25) is 0 Å². The smallest absolute Gasteiger partial charge is 0.179 e. The average molecular weight is 908 g/mol. The van der Waals surface area contributed by atoms with Crippen molar-refractivity contribution in [3.05, 3.63) is 273 Å². The van der Waals surface area contributed by atoms with Gasteiger partial charge in [0.25, 0.3) is 0 Å². The van der Waals surface area contributed by atoms with Gasteiger partial charge in [-0.1, -0.05) is 212 Å². The van der Waals surface area contributed by atoms with Crippen molar-refractivity contribution in [2.75, 3.05) is 0 Å². The van der Waals surface area contributed by atoms with Crippen LogP contribution >= 0.6 is 0 Å². The highest BCUT2D eigenvalue weighted by atomic mass is 28.3. The summed E-state index contributed by atoms with van der Waals surface area (Å²) in [4.78, 5) is 0. The largest absolute Gasteiger partial charge is 0.309 e. The van der Waals surface area contributed by atoms with Crippen LogP contribution in [0.2, 0.25) is 0 Å². The first-order chi connectivity index (χ1) is 34.8. The van der Waals surface area contributed by atoms with Crippen LogP contribution in [0.25, 0.3) is 93.6 Å². The van der Waals surface area contributed by atoms with Crippen LogP contribution in [0.1, 0.15) is 0 Å². The van der Waals surface area contributed by atoms with Crippen LogP contribution in [-0.4, -0.2) is 21.8 Å². The van der Waals surface area contributed by atoms with Gasteiger partial charge in [0.15, 0.2) is 8.07 Å². The maximum absolute atomic E-state index is 2.88. The van der Waals surface area contributed by atoms with Crippen LogP contribution in [-0.2, 0) is 0 Å². The molecule has 0 saturated heterocycles. The van der Waals surface area contributed by atoms with Crippen LogP contribution in [0.4, 0.5) is 0 Å². The maximum atomic E-state index is 2.55. The fourth-order valence-corrected chi connectivity index (χ4v) is 16.7. The monoisotopic (exact) mass is 907 g/mol. The lowest BCUT2D eigenvalue weighted by Gasteiger charge is -2.34. The Balaban J connectivity index is 1.08. The van der Waals surface area contributed by atoms with Crippen molar-refractivity contribution in [3.8, 4) is 28.2 Å². The number of hydrogen-bond acceptors (Lipinski definition) is 0. The van der Waals surface area contributed by atoms with E-state index in [0.717, 1.165) is 33.7 Å². The Labute approximate surface area is 407 Å². The Kier molecular flexibility index (Phi) is 9.23. The molecule has 4 heteroatoms. The standard InChI is InChI=1S/C66H45N3Si/c1-4-22-47(23-5-1)70(48-24-6-2-7-25-48,49-26-8-3-9-27-49)50-41-43-66-58(45-50)57-44-46(67-59-34-16-10-28-51(59)52-29-11-17-35-60(52)67)40-42-65(57)69(66)64-39-21-15-33-56(64)55-32-14-20-38-63(55)68-61-36-18-12-30-53(61)54-31-13-19-37-62(54)68/h1-45H. The van der Waals surface area contributed by atoms with E-state index in [1.165, 1.54) is 80.7 Å². The van der Waals surface area contributed by atoms with Gasteiger partial charge in [-0.05, 0) is 81.4 Å². The predicted molar refractivity (Wildman–Crippen MR) is 299 cm³/mol. The molecule has 3 nitrogen and oxygen atoms in total. The Bertz CT molecular complexity index is 4090. The van der Waals surface area contributed by atoms with E-state index in [1.54, 1.807) is 0 Å². The number of aromatic nitrogens is 3. The molecule has 0 N–H and O–H groups in total. The summed E-state index contributed by atoms with van der Waals surface area (Å²) < 4.78 is 7.43. The quantitative estimate of drug-likeness (QED) is 0.107. The highest BCUT2D eigenvalue weighted by Gasteiger charge is 2.41. The van der Waals surface area contributed by atoms with Gasteiger partial charge in [-0.2, -0.15) is 0 Å². The van der Waals surface area contributed by atoms with E-state index < -0.39 is 8.07 Å². The van der Waals surface area contributed by atoms with Crippen molar-refractivity contribution < 1.29 is 0 Å². The van der Waals surface area contributed by atoms with Gasteiger partial charge in [0.1, 0.15) is 0 Å². The van der Waals surface area contributed by atoms with Gasteiger partial charge >= 0.3 is 0 Å². The third-order valence-corrected chi connectivity index (χ3v) is 19.6. The van der Waals surface area contributed by atoms with Crippen molar-refractivity contribution >= 4 is 94.2 Å². The van der Waals surface area contributed by atoms with Crippen molar-refractivity contribution in [3.63, 3.8) is 0 Å². The molecule has 14 rings (SSSR count). The van der Waals surface area contributed by atoms with E-state index in [-0.39, 0.29) is 0 Å². The molecular formula is C66H45N3Si. The SMILES string of the molecule is c1ccc([Si](c2ccccc2)(c2ccccc2)c2ccc3c(c2)c2cc(-n4c5ccccc5c5ccccc54)ccc2n3-c2ccccc2-c2ccccc2-n2c3ccccc3c3ccccc32)cc1. The Morgan fingerprint density at radius 2 is 0.543 bits per heavy atom. The topological polar surface area (TPSA) is 14.8 Å². The fourth-order valence-electron chi connectivity index (χ4n) is 11.9. The van der Waals surface area contributed by atoms with Gasteiger partial charge < -0.3 is 13.7 Å². The molecule has 14 aromatic rings. The minimum absolute atomic E-state index is 1.13. The molecule has 11 aromatic carbocycles. The molecule has 0 bridgehead atoms. The first kappa shape index (κ1) is 40.1. The van der Waals surface area contributed by atoms with Crippen LogP contribution < -0.4 is 20.7 Å². The zero-order chi connectivity index (χ0) is 46.2. The minimum atomic E-state index is -2.88. The second-order valence-electron chi connectivity index (χ2n) is 18.4. The lowest BCUT2D eigenvalue weighted by atomic mass is 10.0. The summed E-state index contributed by atoms with van der Waals surface area (Å²) in [6.07, 6.45) is 0. The number of para-hydroxylation sites is 6. The molecule has 3 aromatic heterocycles. The molecular weight excluding hydrogens is 863 g/mol. The Hall–Kier alpha value is -8.96. The second-order valence-corrected chi connectivity index (χ2v) is 22.2. The zero-order valence-electron chi connectivity index (χ0n) is 38.3. The molecule has 0 radical (unpaired) electrons. The molecule has 328 valence electrons. The highest BCUT2D eigenvalue weighted by molar-refractivity contribution is 7.20. The number of hydrogen-bond donors (Lipinski definition) is 0. The van der Waals surface area contributed by atoms with E-state index in [9.17, 15) is 0 Å². The summed E-state index contributed by atoms with van der Waals surface area (Å²) in [6, 6.07) is 101. The van der Waals surface area contributed by atoms with Crippen molar-refractivity contribution in [2.45, 2.75) is 0 Å². The summed E-state index contributed by atoms with van der Waals surface area (Å²) in [5.41, 5.74) is 12.8. The van der Waals surface area contributed by atoms with E-state index in [4.69, 9.17) is 0 Å². The van der Waals surface area contributed by atoms with Gasteiger partial charge in [-0.25, -0.2) is 0 Å². The molecule has 0 aliphatic carbocycles. The second kappa shape index (κ2) is 16.1. The minimum Gasteiger partial charge on any atom is -0.309 e. The van der Waals surface area contributed by atoms with Crippen LogP contribution in [0, 0.1) is 0 Å². The molecule has 3 heterocycles. The average Bonchev–Trinajstić information content (AvgIpc) is 4.08. The maximum Gasteiger partial charge on any atom is 0.179 e. The van der Waals surface area contributed by atoms with Gasteiger partial charge in [-0.3, -0.25) is 0 Å². The first-order valence-electron chi connectivity index (χ1n) is 24.2. The molecule has 70 heavy (non-hydrogen) atoms. The van der Waals surface area contributed by atoms with Crippen LogP contribution in [0.15, 0.2) is 273 Å². The van der Waals surface area contributed by atoms with Gasteiger partial charge in [0.05, 0.1) is 44.5 Å². The molecule has 0 spiro atoms. The molecule has 0 unspecified atom stereocenters. The molecule has 0 aliphatic rings. The number of benzene rings is 11. The normalized spacial score (nSPS) is 12.0. The zero-order valence-corrected chi connectivity index (χ0v) is 39.3. The molecule has 0 atom stereocenters. The van der Waals surface area contributed by atoms with E-state index in [2.05, 4.69) is 287 Å². The summed E-state index contributed by atoms with van der Waals surface area (Å²) in [7, 11) is -2.88. The number of fused-ring (bicyclic) bond motifs is 9. The molecule has 0 amide bonds. The third-order valence-electron chi connectivity index (χ3n) is 14.8. The summed E-state index contributed by atoms with van der Waals surface area (Å²) in [6.45, 7) is 0. The number of rotatable bonds is 8. The third kappa shape index (κ3) is 5.94. The number of nitrogens with zero attached hydrogens (tertiary/aromatic N) is 3. The van der Waals surface area contributed by atoms with Gasteiger partial charge in [-0.15, -0.1) is 0 Å².